The van der Waals surface area contributed by atoms with Gasteiger partial charge in [-0.05, 0) is 130 Å². The molecule has 2 aliphatic heterocycles. The molecule has 0 radical (unpaired) electrons. The van der Waals surface area contributed by atoms with Crippen molar-refractivity contribution in [3.05, 3.63) is 182 Å². The summed E-state index contributed by atoms with van der Waals surface area (Å²) in [5.41, 5.74) is 22.1. The van der Waals surface area contributed by atoms with E-state index in [-0.39, 0.29) is 0 Å². The molecular weight excluding hydrogens is 1120 g/mol. The predicted molar refractivity (Wildman–Crippen MR) is 365 cm³/mol. The fourth-order valence-corrected chi connectivity index (χ4v) is 11.8. The van der Waals surface area contributed by atoms with Gasteiger partial charge in [0.2, 0.25) is 0 Å². The van der Waals surface area contributed by atoms with E-state index < -0.39 is 0 Å². The number of aromatic amines is 7. The Kier molecular flexibility index (Phi) is 16.5. The van der Waals surface area contributed by atoms with E-state index in [0.29, 0.717) is 0 Å². The maximum absolute atomic E-state index is 4.66. The van der Waals surface area contributed by atoms with Crippen molar-refractivity contribution < 1.29 is 0 Å². The van der Waals surface area contributed by atoms with Crippen molar-refractivity contribution in [2.45, 2.75) is 34.6 Å². The minimum absolute atomic E-state index is 0.840. The van der Waals surface area contributed by atoms with Gasteiger partial charge in [0, 0.05) is 144 Å². The average Bonchev–Trinajstić information content (AvgIpc) is 1.71. The monoisotopic (exact) mass is 1190 g/mol. The third-order valence-electron chi connectivity index (χ3n) is 16.8. The number of benzene rings is 3. The van der Waals surface area contributed by atoms with E-state index in [1.807, 2.05) is 75.9 Å². The van der Waals surface area contributed by atoms with E-state index >= 15 is 0 Å². The van der Waals surface area contributed by atoms with Gasteiger partial charge in [0.05, 0.1) is 51.7 Å². The molecule has 0 spiro atoms. The lowest BCUT2D eigenvalue weighted by Gasteiger charge is -2.34. The van der Waals surface area contributed by atoms with Gasteiger partial charge < -0.3 is 34.6 Å². The molecule has 0 atom stereocenters. The van der Waals surface area contributed by atoms with E-state index in [1.54, 1.807) is 18.6 Å². The molecular formula is C70H72N20. The molecule has 0 amide bonds. The molecule has 14 aromatic rings. The second kappa shape index (κ2) is 25.5. The Balaban J connectivity index is 0.000000123. The van der Waals surface area contributed by atoms with Crippen LogP contribution in [0.25, 0.3) is 128 Å². The summed E-state index contributed by atoms with van der Waals surface area (Å²) in [7, 11) is 4.35. The van der Waals surface area contributed by atoms with Crippen LogP contribution >= 0.6 is 0 Å². The van der Waals surface area contributed by atoms with E-state index in [2.05, 4.69) is 220 Å². The third-order valence-corrected chi connectivity index (χ3v) is 16.8. The molecule has 20 nitrogen and oxygen atoms in total. The zero-order valence-corrected chi connectivity index (χ0v) is 51.7. The normalized spacial score (nSPS) is 14.3. The molecule has 0 aliphatic carbocycles. The van der Waals surface area contributed by atoms with Gasteiger partial charge in [0.1, 0.15) is 34.0 Å². The van der Waals surface area contributed by atoms with Crippen molar-refractivity contribution in [2.24, 2.45) is 0 Å². The van der Waals surface area contributed by atoms with Crippen LogP contribution in [0, 0.1) is 6.92 Å². The lowest BCUT2D eigenvalue weighted by Crippen LogP contribution is -2.44. The quantitative estimate of drug-likeness (QED) is 0.0632. The van der Waals surface area contributed by atoms with Gasteiger partial charge >= 0.3 is 0 Å². The number of nitrogens with zero attached hydrogens (tertiary/aromatic N) is 13. The van der Waals surface area contributed by atoms with Crippen LogP contribution in [0.2, 0.25) is 0 Å². The van der Waals surface area contributed by atoms with Crippen LogP contribution in [0.3, 0.4) is 0 Å². The molecule has 16 rings (SSSR count). The molecule has 2 fully saturated rings. The summed E-state index contributed by atoms with van der Waals surface area (Å²) in [4.78, 5) is 42.3. The highest BCUT2D eigenvalue weighted by molar-refractivity contribution is 6.02. The van der Waals surface area contributed by atoms with Crippen molar-refractivity contribution in [1.29, 1.82) is 0 Å². The molecule has 7 N–H and O–H groups in total. The Labute approximate surface area is 520 Å². The molecule has 0 bridgehead atoms. The smallest absolute Gasteiger partial charge is 0.139 e. The fraction of sp³-hybridized carbons (Fsp3) is 0.214. The second-order valence-electron chi connectivity index (χ2n) is 22.6. The van der Waals surface area contributed by atoms with Crippen molar-refractivity contribution in [3.8, 4) is 56.5 Å². The summed E-state index contributed by atoms with van der Waals surface area (Å²) in [6, 6.07) is 33.6. The summed E-state index contributed by atoms with van der Waals surface area (Å²) in [5, 5.41) is 36.6. The highest BCUT2D eigenvalue weighted by atomic mass is 15.3. The topological polar surface area (TPSA) is 239 Å². The van der Waals surface area contributed by atoms with Gasteiger partial charge in [-0.15, -0.1) is 0 Å². The number of nitrogens with one attached hydrogen (secondary N) is 7. The molecule has 90 heavy (non-hydrogen) atoms. The molecule has 452 valence electrons. The van der Waals surface area contributed by atoms with E-state index in [9.17, 15) is 0 Å². The molecule has 0 unspecified atom stereocenters. The Bertz CT molecular complexity index is 4880. The first-order chi connectivity index (χ1) is 44.1. The van der Waals surface area contributed by atoms with Crippen LogP contribution in [0.15, 0.2) is 171 Å². The fourth-order valence-electron chi connectivity index (χ4n) is 11.8. The number of anilines is 2. The molecule has 20 heteroatoms. The minimum Gasteiger partial charge on any atom is -0.368 e. The average molecular weight is 1190 g/mol. The van der Waals surface area contributed by atoms with Crippen molar-refractivity contribution >= 4 is 82.8 Å². The van der Waals surface area contributed by atoms with Gasteiger partial charge in [0.15, 0.2) is 0 Å². The van der Waals surface area contributed by atoms with Gasteiger partial charge in [-0.2, -0.15) is 20.4 Å². The number of H-pyrrole nitrogens is 7. The first-order valence-corrected chi connectivity index (χ1v) is 30.6. The summed E-state index contributed by atoms with van der Waals surface area (Å²) in [5.74, 6) is 0. The SMILES string of the molecule is C=C/C(C)=C\C(=C/C)c1ccc2[nH]nc(-c3cc4c(N5CCN(C)CC5)ccnc4[nH]3)c2c1.CC.CN1CCN(c2ccnc3[nH]c(-c4n[nH]c5ccc(-c6cnccn6)cc45)cc23)CC1.Cc1ccc2cc(-c3n[nH]c4ccc(-c5cn[nH]c5)cc34)[nH]c2n1. The third kappa shape index (κ3) is 11.8. The molecule has 11 aromatic heterocycles. The summed E-state index contributed by atoms with van der Waals surface area (Å²) in [6.45, 7) is 22.3. The van der Waals surface area contributed by atoms with Gasteiger partial charge in [0.25, 0.3) is 0 Å². The molecule has 2 aliphatic rings. The molecule has 13 heterocycles. The van der Waals surface area contributed by atoms with Crippen LogP contribution in [0.4, 0.5) is 11.4 Å². The highest BCUT2D eigenvalue weighted by Crippen LogP contribution is 2.37. The van der Waals surface area contributed by atoms with Gasteiger partial charge in [-0.3, -0.25) is 30.4 Å². The number of hydrogen-bond acceptors (Lipinski definition) is 13. The van der Waals surface area contributed by atoms with Crippen molar-refractivity contribution in [2.75, 3.05) is 76.3 Å². The summed E-state index contributed by atoms with van der Waals surface area (Å²) >= 11 is 0. The summed E-state index contributed by atoms with van der Waals surface area (Å²) in [6.07, 6.45) is 18.8. The number of allylic oxidation sites excluding steroid dienone is 5. The first-order valence-electron chi connectivity index (χ1n) is 30.6. The number of piperazine rings is 2. The van der Waals surface area contributed by atoms with Crippen molar-refractivity contribution in [3.63, 3.8) is 0 Å². The Morgan fingerprint density at radius 1 is 0.533 bits per heavy atom. The number of fused-ring (bicyclic) bond motifs is 6. The Hall–Kier alpha value is -10.8. The lowest BCUT2D eigenvalue weighted by atomic mass is 10.0. The highest BCUT2D eigenvalue weighted by Gasteiger charge is 2.22. The van der Waals surface area contributed by atoms with Crippen LogP contribution in [0.1, 0.15) is 39.0 Å². The predicted octanol–water partition coefficient (Wildman–Crippen LogP) is 13.5. The largest absolute Gasteiger partial charge is 0.368 e. The van der Waals surface area contributed by atoms with Gasteiger partial charge in [-0.1, -0.05) is 62.4 Å². The zero-order chi connectivity index (χ0) is 61.8. The Morgan fingerprint density at radius 2 is 1.08 bits per heavy atom. The molecule has 2 saturated heterocycles. The van der Waals surface area contributed by atoms with Crippen LogP contribution in [-0.2, 0) is 0 Å². The standard InChI is InChI=1S/C27H30N6.C23H22N8.C18H14N6.C2H6/c1-5-18(3)15-19(6-2)20-7-8-23-21(16-20)26(31-30-23)24-17-22-25(9-10-28-27(22)29-24)33-13-11-32(4)12-14-33;1-30-8-10-31(11-9-30)21-4-5-26-23-17(21)13-19(27-23)22-16-12-15(2-3-18(16)28-29-22)20-14-24-6-7-25-20;1-10-2-3-12-7-16(22-18(12)21-10)17-14-6-11(13-8-19-20-9-13)4-5-15(14)23-24-17;1-2/h5-10,15-17H,1,11-14H2,2-4H3,(H,28,29)(H,30,31);2-7,12-14H,8-11H2,1H3,(H,26,27)(H,28,29);2-9H,1H3,(H,19,20)(H,21,22)(H,23,24);1-2H3/b18-15-,19-6+;;;. The van der Waals surface area contributed by atoms with Crippen LogP contribution < -0.4 is 9.80 Å². The van der Waals surface area contributed by atoms with Crippen molar-refractivity contribution in [1.82, 2.24) is 90.5 Å². The molecule has 0 saturated carbocycles. The van der Waals surface area contributed by atoms with Crippen LogP contribution in [0.5, 0.6) is 0 Å². The first kappa shape index (κ1) is 58.2. The van der Waals surface area contributed by atoms with Gasteiger partial charge in [-0.25, -0.2) is 15.0 Å². The van der Waals surface area contributed by atoms with E-state index in [0.717, 1.165) is 197 Å². The number of hydrogen-bond donors (Lipinski definition) is 7. The number of rotatable bonds is 10. The number of aromatic nitrogens is 16. The maximum Gasteiger partial charge on any atom is 0.139 e. The number of aryl methyl sites for hydroxylation is 1. The zero-order valence-electron chi connectivity index (χ0n) is 51.7. The Morgan fingerprint density at radius 3 is 1.62 bits per heavy atom. The van der Waals surface area contributed by atoms with E-state index in [4.69, 9.17) is 0 Å². The van der Waals surface area contributed by atoms with E-state index in [1.165, 1.54) is 11.4 Å². The summed E-state index contributed by atoms with van der Waals surface area (Å²) < 4.78 is 0. The maximum atomic E-state index is 4.66. The van der Waals surface area contributed by atoms with Crippen LogP contribution in [-0.4, -0.2) is 157 Å². The number of pyridine rings is 3. The minimum atomic E-state index is 0.840. The second-order valence-corrected chi connectivity index (χ2v) is 22.6. The molecule has 3 aromatic carbocycles. The lowest BCUT2D eigenvalue weighted by molar-refractivity contribution is 0.313. The number of likely N-dealkylation sites (N-methyl/N-ethyl adjacent to an activating group) is 2.